The van der Waals surface area contributed by atoms with Crippen LogP contribution in [0.4, 0.5) is 0 Å². The molecule has 0 fully saturated rings. The van der Waals surface area contributed by atoms with E-state index in [0.29, 0.717) is 16.7 Å². The number of rotatable bonds is 6. The summed E-state index contributed by atoms with van der Waals surface area (Å²) in [6.07, 6.45) is 1.62. The van der Waals surface area contributed by atoms with Gasteiger partial charge in [-0.15, -0.1) is 10.2 Å². The van der Waals surface area contributed by atoms with Crippen LogP contribution in [0.1, 0.15) is 11.1 Å². The zero-order chi connectivity index (χ0) is 17.6. The number of benzene rings is 2. The van der Waals surface area contributed by atoms with Gasteiger partial charge in [0.2, 0.25) is 5.91 Å². The van der Waals surface area contributed by atoms with Crippen molar-refractivity contribution in [1.29, 1.82) is 0 Å². The van der Waals surface area contributed by atoms with Crippen LogP contribution >= 0.6 is 23.4 Å². The zero-order valence-electron chi connectivity index (χ0n) is 13.6. The van der Waals surface area contributed by atoms with E-state index in [2.05, 4.69) is 15.5 Å². The number of hydrogen-bond donors (Lipinski definition) is 1. The summed E-state index contributed by atoms with van der Waals surface area (Å²) < 4.78 is 1.82. The lowest BCUT2D eigenvalue weighted by molar-refractivity contribution is -0.118. The molecular weight excluding hydrogens is 356 g/mol. The van der Waals surface area contributed by atoms with Crippen LogP contribution < -0.4 is 5.32 Å². The Morgan fingerprint density at radius 2 is 2.04 bits per heavy atom. The van der Waals surface area contributed by atoms with E-state index in [1.807, 2.05) is 60.0 Å². The molecule has 0 aliphatic rings. The molecule has 0 saturated heterocycles. The average Bonchev–Trinajstić information content (AvgIpc) is 3.10. The quantitative estimate of drug-likeness (QED) is 0.671. The second-order valence-electron chi connectivity index (χ2n) is 5.47. The van der Waals surface area contributed by atoms with Gasteiger partial charge >= 0.3 is 0 Å². The van der Waals surface area contributed by atoms with Crippen molar-refractivity contribution in [1.82, 2.24) is 20.1 Å². The molecule has 5 nitrogen and oxygen atoms in total. The fourth-order valence-corrected chi connectivity index (χ4v) is 3.14. The summed E-state index contributed by atoms with van der Waals surface area (Å²) in [5, 5.41) is 12.3. The number of hydrogen-bond acceptors (Lipinski definition) is 4. The van der Waals surface area contributed by atoms with E-state index in [0.717, 1.165) is 16.8 Å². The van der Waals surface area contributed by atoms with Crippen molar-refractivity contribution in [2.45, 2.75) is 18.6 Å². The van der Waals surface area contributed by atoms with Crippen molar-refractivity contribution in [3.8, 4) is 5.69 Å². The van der Waals surface area contributed by atoms with E-state index >= 15 is 0 Å². The van der Waals surface area contributed by atoms with Gasteiger partial charge in [0.05, 0.1) is 11.4 Å². The summed E-state index contributed by atoms with van der Waals surface area (Å²) in [4.78, 5) is 12.0. The van der Waals surface area contributed by atoms with E-state index in [-0.39, 0.29) is 11.7 Å². The van der Waals surface area contributed by atoms with Gasteiger partial charge in [0.25, 0.3) is 0 Å². The molecule has 7 heteroatoms. The van der Waals surface area contributed by atoms with Crippen molar-refractivity contribution in [3.05, 3.63) is 71.0 Å². The number of aryl methyl sites for hydroxylation is 1. The number of thioether (sulfide) groups is 1. The Hall–Kier alpha value is -2.31. The minimum absolute atomic E-state index is 0.0506. The maximum Gasteiger partial charge on any atom is 0.230 e. The zero-order valence-corrected chi connectivity index (χ0v) is 15.2. The Balaban J connectivity index is 1.59. The van der Waals surface area contributed by atoms with Crippen molar-refractivity contribution in [2.75, 3.05) is 5.75 Å². The molecule has 2 aromatic carbocycles. The van der Waals surface area contributed by atoms with Crippen LogP contribution in [-0.4, -0.2) is 26.4 Å². The maximum absolute atomic E-state index is 12.0. The summed E-state index contributed by atoms with van der Waals surface area (Å²) >= 11 is 7.52. The molecule has 1 aromatic heterocycles. The highest BCUT2D eigenvalue weighted by Crippen LogP contribution is 2.23. The van der Waals surface area contributed by atoms with Gasteiger partial charge in [-0.25, -0.2) is 0 Å². The predicted molar refractivity (Wildman–Crippen MR) is 100 cm³/mol. The SMILES string of the molecule is Cc1ccc(-n2cnnc2SCC(=O)NCc2ccccc2)cc1Cl. The van der Waals surface area contributed by atoms with E-state index in [1.54, 1.807) is 6.33 Å². The lowest BCUT2D eigenvalue weighted by atomic mass is 10.2. The molecule has 0 bridgehead atoms. The first-order chi connectivity index (χ1) is 12.1. The highest BCUT2D eigenvalue weighted by molar-refractivity contribution is 7.99. The van der Waals surface area contributed by atoms with Crippen LogP contribution in [-0.2, 0) is 11.3 Å². The normalized spacial score (nSPS) is 10.6. The van der Waals surface area contributed by atoms with Gasteiger partial charge in [-0.1, -0.05) is 59.8 Å². The summed E-state index contributed by atoms with van der Waals surface area (Å²) in [5.74, 6) is 0.218. The number of halogens is 1. The second-order valence-corrected chi connectivity index (χ2v) is 6.82. The van der Waals surface area contributed by atoms with Crippen molar-refractivity contribution >= 4 is 29.3 Å². The fraction of sp³-hybridized carbons (Fsp3) is 0.167. The van der Waals surface area contributed by atoms with Gasteiger partial charge in [-0.3, -0.25) is 9.36 Å². The Morgan fingerprint density at radius 3 is 2.80 bits per heavy atom. The minimum atomic E-state index is -0.0506. The van der Waals surface area contributed by atoms with E-state index in [9.17, 15) is 4.79 Å². The van der Waals surface area contributed by atoms with Gasteiger partial charge in [0.1, 0.15) is 6.33 Å². The Kier molecular flexibility index (Phi) is 5.73. The highest BCUT2D eigenvalue weighted by Gasteiger charge is 2.11. The van der Waals surface area contributed by atoms with Crippen LogP contribution in [0.3, 0.4) is 0 Å². The Morgan fingerprint density at radius 1 is 1.24 bits per heavy atom. The molecule has 3 aromatic rings. The lowest BCUT2D eigenvalue weighted by Gasteiger charge is -2.08. The molecule has 128 valence electrons. The maximum atomic E-state index is 12.0. The summed E-state index contributed by atoms with van der Waals surface area (Å²) in [7, 11) is 0. The molecule has 0 spiro atoms. The minimum Gasteiger partial charge on any atom is -0.351 e. The number of carbonyl (C=O) groups excluding carboxylic acids is 1. The van der Waals surface area contributed by atoms with Crippen LogP contribution in [0.5, 0.6) is 0 Å². The Bertz CT molecular complexity index is 867. The van der Waals surface area contributed by atoms with E-state index in [4.69, 9.17) is 11.6 Å². The van der Waals surface area contributed by atoms with Gasteiger partial charge in [0, 0.05) is 11.6 Å². The first-order valence-corrected chi connectivity index (χ1v) is 9.10. The molecule has 1 amide bonds. The monoisotopic (exact) mass is 372 g/mol. The van der Waals surface area contributed by atoms with Crippen LogP contribution in [0.25, 0.3) is 5.69 Å². The smallest absolute Gasteiger partial charge is 0.230 e. The van der Waals surface area contributed by atoms with Crippen molar-refractivity contribution in [3.63, 3.8) is 0 Å². The molecule has 25 heavy (non-hydrogen) atoms. The van der Waals surface area contributed by atoms with E-state index in [1.165, 1.54) is 11.8 Å². The van der Waals surface area contributed by atoms with Crippen molar-refractivity contribution in [2.24, 2.45) is 0 Å². The molecule has 0 saturated carbocycles. The number of nitrogens with zero attached hydrogens (tertiary/aromatic N) is 3. The van der Waals surface area contributed by atoms with Gasteiger partial charge in [-0.2, -0.15) is 0 Å². The first-order valence-electron chi connectivity index (χ1n) is 7.73. The standard InChI is InChI=1S/C18H17ClN4OS/c1-13-7-8-15(9-16(13)19)23-12-21-22-18(23)25-11-17(24)20-10-14-5-3-2-4-6-14/h2-9,12H,10-11H2,1H3,(H,20,24). The summed E-state index contributed by atoms with van der Waals surface area (Å²) in [5.41, 5.74) is 2.94. The van der Waals surface area contributed by atoms with Gasteiger partial charge in [-0.05, 0) is 30.2 Å². The molecule has 1 heterocycles. The number of aromatic nitrogens is 3. The third kappa shape index (κ3) is 4.61. The van der Waals surface area contributed by atoms with Gasteiger partial charge < -0.3 is 5.32 Å². The molecule has 0 atom stereocenters. The molecular formula is C18H17ClN4OS. The fourth-order valence-electron chi connectivity index (χ4n) is 2.21. The molecule has 0 aliphatic heterocycles. The molecule has 0 radical (unpaired) electrons. The molecule has 1 N–H and O–H groups in total. The Labute approximate surface area is 155 Å². The van der Waals surface area contributed by atoms with Crippen LogP contribution in [0.15, 0.2) is 60.0 Å². The topological polar surface area (TPSA) is 59.8 Å². The summed E-state index contributed by atoms with van der Waals surface area (Å²) in [6.45, 7) is 2.46. The third-order valence-corrected chi connectivity index (χ3v) is 4.97. The average molecular weight is 373 g/mol. The number of carbonyl (C=O) groups is 1. The lowest BCUT2D eigenvalue weighted by Crippen LogP contribution is -2.24. The molecule has 0 unspecified atom stereocenters. The largest absolute Gasteiger partial charge is 0.351 e. The summed E-state index contributed by atoms with van der Waals surface area (Å²) in [6, 6.07) is 15.6. The third-order valence-electron chi connectivity index (χ3n) is 3.61. The first kappa shape index (κ1) is 17.5. The second kappa shape index (κ2) is 8.18. The highest BCUT2D eigenvalue weighted by atomic mass is 35.5. The predicted octanol–water partition coefficient (Wildman–Crippen LogP) is 3.64. The number of nitrogens with one attached hydrogen (secondary N) is 1. The molecule has 0 aliphatic carbocycles. The number of amides is 1. The molecule has 3 rings (SSSR count). The van der Waals surface area contributed by atoms with Gasteiger partial charge in [0.15, 0.2) is 5.16 Å². The van der Waals surface area contributed by atoms with Crippen LogP contribution in [0.2, 0.25) is 5.02 Å². The van der Waals surface area contributed by atoms with Crippen LogP contribution in [0, 0.1) is 6.92 Å². The van der Waals surface area contributed by atoms with Crippen molar-refractivity contribution < 1.29 is 4.79 Å². The van der Waals surface area contributed by atoms with E-state index < -0.39 is 0 Å².